The molecule has 2 amide bonds. The van der Waals surface area contributed by atoms with Gasteiger partial charge in [-0.25, -0.2) is 0 Å². The van der Waals surface area contributed by atoms with Gasteiger partial charge in [-0.3, -0.25) is 9.59 Å². The lowest BCUT2D eigenvalue weighted by atomic mass is 10.1. The molecule has 1 atom stereocenters. The van der Waals surface area contributed by atoms with Crippen LogP contribution >= 0.6 is 0 Å². The molecule has 144 valence electrons. The average molecular weight is 375 g/mol. The van der Waals surface area contributed by atoms with E-state index in [1.54, 1.807) is 4.90 Å². The molecule has 0 saturated carbocycles. The lowest BCUT2D eigenvalue weighted by Gasteiger charge is -2.25. The van der Waals surface area contributed by atoms with Gasteiger partial charge in [0.05, 0.1) is 0 Å². The standard InChI is InChI=1S/C23H25N3O2/c1-4-21(26-13-17-7-5-6-8-18(17)23(26)28)22(27)24-12-16-9-10-20-19(11-16)14(2)15(3)25-20/h5-11,21,25H,4,12-13H2,1-3H3,(H,24,27)/t21-/m1/s1. The molecule has 2 N–H and O–H groups in total. The predicted molar refractivity (Wildman–Crippen MR) is 110 cm³/mol. The number of carbonyl (C=O) groups is 2. The van der Waals surface area contributed by atoms with E-state index in [0.717, 1.165) is 22.3 Å². The molecule has 28 heavy (non-hydrogen) atoms. The number of hydrogen-bond donors (Lipinski definition) is 2. The SMILES string of the molecule is CC[C@H](C(=O)NCc1ccc2[nH]c(C)c(C)c2c1)N1Cc2ccccc2C1=O. The number of fused-ring (bicyclic) bond motifs is 2. The van der Waals surface area contributed by atoms with E-state index in [0.29, 0.717) is 25.1 Å². The quantitative estimate of drug-likeness (QED) is 0.712. The van der Waals surface area contributed by atoms with Crippen LogP contribution in [0, 0.1) is 13.8 Å². The zero-order chi connectivity index (χ0) is 19.8. The van der Waals surface area contributed by atoms with Gasteiger partial charge >= 0.3 is 0 Å². The molecule has 0 aliphatic carbocycles. The maximum absolute atomic E-state index is 12.9. The Morgan fingerprint density at radius 3 is 2.75 bits per heavy atom. The van der Waals surface area contributed by atoms with E-state index in [2.05, 4.69) is 36.3 Å². The fourth-order valence-corrected chi connectivity index (χ4v) is 4.00. The van der Waals surface area contributed by atoms with Crippen LogP contribution in [0.25, 0.3) is 10.9 Å². The third-order valence-corrected chi connectivity index (χ3v) is 5.75. The molecule has 4 rings (SSSR count). The zero-order valence-electron chi connectivity index (χ0n) is 16.5. The molecule has 2 heterocycles. The van der Waals surface area contributed by atoms with Crippen molar-refractivity contribution >= 4 is 22.7 Å². The number of nitrogens with zero attached hydrogens (tertiary/aromatic N) is 1. The topological polar surface area (TPSA) is 65.2 Å². The number of H-pyrrole nitrogens is 1. The van der Waals surface area contributed by atoms with Gasteiger partial charge < -0.3 is 15.2 Å². The summed E-state index contributed by atoms with van der Waals surface area (Å²) in [5.41, 5.74) is 6.25. The molecule has 2 aromatic carbocycles. The van der Waals surface area contributed by atoms with Crippen LogP contribution in [0.4, 0.5) is 0 Å². The van der Waals surface area contributed by atoms with Gasteiger partial charge in [0.1, 0.15) is 6.04 Å². The van der Waals surface area contributed by atoms with Crippen LogP contribution in [0.3, 0.4) is 0 Å². The minimum atomic E-state index is -0.458. The normalized spacial score (nSPS) is 14.4. The number of carbonyl (C=O) groups excluding carboxylic acids is 2. The van der Waals surface area contributed by atoms with Gasteiger partial charge in [-0.1, -0.05) is 31.2 Å². The van der Waals surface area contributed by atoms with E-state index >= 15 is 0 Å². The number of benzene rings is 2. The highest BCUT2D eigenvalue weighted by Crippen LogP contribution is 2.26. The summed E-state index contributed by atoms with van der Waals surface area (Å²) in [5, 5.41) is 4.20. The first-order valence-corrected chi connectivity index (χ1v) is 9.74. The molecule has 0 fully saturated rings. The van der Waals surface area contributed by atoms with Crippen LogP contribution in [-0.2, 0) is 17.9 Å². The Balaban J connectivity index is 1.47. The molecule has 0 spiro atoms. The predicted octanol–water partition coefficient (Wildman–Crippen LogP) is 3.84. The van der Waals surface area contributed by atoms with Gasteiger partial charge in [0, 0.05) is 35.2 Å². The van der Waals surface area contributed by atoms with Crippen molar-refractivity contribution in [2.24, 2.45) is 0 Å². The van der Waals surface area contributed by atoms with Crippen molar-refractivity contribution < 1.29 is 9.59 Å². The maximum Gasteiger partial charge on any atom is 0.255 e. The van der Waals surface area contributed by atoms with Crippen molar-refractivity contribution in [1.29, 1.82) is 0 Å². The van der Waals surface area contributed by atoms with Crippen LogP contribution < -0.4 is 5.32 Å². The molecule has 0 radical (unpaired) electrons. The van der Waals surface area contributed by atoms with Crippen molar-refractivity contribution in [2.75, 3.05) is 0 Å². The lowest BCUT2D eigenvalue weighted by Crippen LogP contribution is -2.46. The summed E-state index contributed by atoms with van der Waals surface area (Å²) in [4.78, 5) is 30.6. The minimum absolute atomic E-state index is 0.0579. The van der Waals surface area contributed by atoms with Crippen LogP contribution in [0.15, 0.2) is 42.5 Å². The highest BCUT2D eigenvalue weighted by Gasteiger charge is 2.34. The molecule has 0 unspecified atom stereocenters. The van der Waals surface area contributed by atoms with Crippen molar-refractivity contribution in [3.8, 4) is 0 Å². The molecular formula is C23H25N3O2. The van der Waals surface area contributed by atoms with E-state index < -0.39 is 6.04 Å². The van der Waals surface area contributed by atoms with E-state index in [9.17, 15) is 9.59 Å². The van der Waals surface area contributed by atoms with Crippen molar-refractivity contribution in [2.45, 2.75) is 46.3 Å². The largest absolute Gasteiger partial charge is 0.358 e. The number of nitrogens with one attached hydrogen (secondary N) is 2. The summed E-state index contributed by atoms with van der Waals surface area (Å²) in [6, 6.07) is 13.3. The smallest absolute Gasteiger partial charge is 0.255 e. The minimum Gasteiger partial charge on any atom is -0.358 e. The van der Waals surface area contributed by atoms with Gasteiger partial charge in [0.15, 0.2) is 0 Å². The number of aromatic amines is 1. The van der Waals surface area contributed by atoms with Gasteiger partial charge in [0.2, 0.25) is 5.91 Å². The molecule has 1 aliphatic rings. The Hall–Kier alpha value is -3.08. The molecule has 5 nitrogen and oxygen atoms in total. The van der Waals surface area contributed by atoms with Crippen molar-refractivity contribution in [3.05, 3.63) is 70.4 Å². The molecule has 3 aromatic rings. The van der Waals surface area contributed by atoms with Gasteiger partial charge in [-0.15, -0.1) is 0 Å². The van der Waals surface area contributed by atoms with Crippen molar-refractivity contribution in [3.63, 3.8) is 0 Å². The second kappa shape index (κ2) is 7.15. The Morgan fingerprint density at radius 2 is 2.00 bits per heavy atom. The zero-order valence-corrected chi connectivity index (χ0v) is 16.5. The van der Waals surface area contributed by atoms with Crippen LogP contribution in [-0.4, -0.2) is 27.7 Å². The summed E-state index contributed by atoms with van der Waals surface area (Å²) in [6.45, 7) is 7.05. The summed E-state index contributed by atoms with van der Waals surface area (Å²) in [6.07, 6.45) is 0.584. The summed E-state index contributed by atoms with van der Waals surface area (Å²) in [5.74, 6) is -0.164. The fraction of sp³-hybridized carbons (Fsp3) is 0.304. The van der Waals surface area contributed by atoms with Gasteiger partial charge in [0.25, 0.3) is 5.91 Å². The first-order chi connectivity index (χ1) is 13.5. The van der Waals surface area contributed by atoms with E-state index in [-0.39, 0.29) is 11.8 Å². The maximum atomic E-state index is 12.9. The Morgan fingerprint density at radius 1 is 1.21 bits per heavy atom. The highest BCUT2D eigenvalue weighted by molar-refractivity contribution is 6.01. The Kier molecular flexibility index (Phi) is 4.67. The summed E-state index contributed by atoms with van der Waals surface area (Å²) in [7, 11) is 0. The first-order valence-electron chi connectivity index (χ1n) is 9.74. The molecule has 0 saturated heterocycles. The molecule has 5 heteroatoms. The second-order valence-corrected chi connectivity index (χ2v) is 7.49. The van der Waals surface area contributed by atoms with Crippen LogP contribution in [0.5, 0.6) is 0 Å². The number of aromatic nitrogens is 1. The van der Waals surface area contributed by atoms with Crippen LogP contribution in [0.2, 0.25) is 0 Å². The fourth-order valence-electron chi connectivity index (χ4n) is 4.00. The number of amides is 2. The van der Waals surface area contributed by atoms with E-state index in [1.807, 2.05) is 37.3 Å². The third kappa shape index (κ3) is 3.07. The third-order valence-electron chi connectivity index (χ3n) is 5.75. The summed E-state index contributed by atoms with van der Waals surface area (Å²) < 4.78 is 0. The lowest BCUT2D eigenvalue weighted by molar-refractivity contribution is -0.126. The number of hydrogen-bond acceptors (Lipinski definition) is 2. The first kappa shape index (κ1) is 18.3. The molecule has 1 aromatic heterocycles. The molecule has 1 aliphatic heterocycles. The Labute approximate surface area is 164 Å². The van der Waals surface area contributed by atoms with Crippen LogP contribution in [0.1, 0.15) is 46.1 Å². The van der Waals surface area contributed by atoms with Gasteiger partial charge in [-0.05, 0) is 55.2 Å². The highest BCUT2D eigenvalue weighted by atomic mass is 16.2. The molecular weight excluding hydrogens is 350 g/mol. The second-order valence-electron chi connectivity index (χ2n) is 7.49. The van der Waals surface area contributed by atoms with Gasteiger partial charge in [-0.2, -0.15) is 0 Å². The number of rotatable bonds is 5. The van der Waals surface area contributed by atoms with E-state index in [1.165, 1.54) is 10.9 Å². The molecule has 0 bridgehead atoms. The Bertz CT molecular complexity index is 1070. The van der Waals surface area contributed by atoms with E-state index in [4.69, 9.17) is 0 Å². The average Bonchev–Trinajstić information content (AvgIpc) is 3.18. The van der Waals surface area contributed by atoms with Crippen molar-refractivity contribution in [1.82, 2.24) is 15.2 Å². The summed E-state index contributed by atoms with van der Waals surface area (Å²) >= 11 is 0. The monoisotopic (exact) mass is 375 g/mol. The number of aryl methyl sites for hydroxylation is 2.